The van der Waals surface area contributed by atoms with E-state index in [1.165, 1.54) is 6.92 Å². The fourth-order valence-corrected chi connectivity index (χ4v) is 2.86. The van der Waals surface area contributed by atoms with Crippen LogP contribution in [0.3, 0.4) is 0 Å². The monoisotopic (exact) mass is 325 g/mol. The maximum absolute atomic E-state index is 12.5. The highest BCUT2D eigenvalue weighted by Gasteiger charge is 2.39. The van der Waals surface area contributed by atoms with Gasteiger partial charge in [0, 0.05) is 24.8 Å². The Balaban J connectivity index is 0.00000242. The molecule has 0 heterocycles. The van der Waals surface area contributed by atoms with Crippen molar-refractivity contribution in [2.45, 2.75) is 39.5 Å². The highest BCUT2D eigenvalue weighted by atomic mass is 35.5. The normalized spacial score (nSPS) is 15.8. The van der Waals surface area contributed by atoms with E-state index in [9.17, 15) is 9.59 Å². The van der Waals surface area contributed by atoms with Gasteiger partial charge in [0.05, 0.1) is 5.41 Å². The Labute approximate surface area is 137 Å². The molecule has 22 heavy (non-hydrogen) atoms. The third kappa shape index (κ3) is 3.99. The highest BCUT2D eigenvalue weighted by Crippen LogP contribution is 2.38. The van der Waals surface area contributed by atoms with Gasteiger partial charge in [-0.3, -0.25) is 9.59 Å². The third-order valence-electron chi connectivity index (χ3n) is 4.24. The number of carbonyl (C=O) groups is 2. The maximum atomic E-state index is 12.5. The lowest BCUT2D eigenvalue weighted by Crippen LogP contribution is -2.40. The third-order valence-corrected chi connectivity index (χ3v) is 4.24. The number of rotatable bonds is 4. The van der Waals surface area contributed by atoms with Crippen molar-refractivity contribution < 1.29 is 9.59 Å². The molecule has 1 aliphatic carbocycles. The Bertz CT molecular complexity index is 554. The fourth-order valence-electron chi connectivity index (χ4n) is 2.86. The number of nitrogens with two attached hydrogens (primary N) is 1. The van der Waals surface area contributed by atoms with E-state index in [-0.39, 0.29) is 24.2 Å². The lowest BCUT2D eigenvalue weighted by Gasteiger charge is -2.26. The zero-order valence-electron chi connectivity index (χ0n) is 13.1. The predicted molar refractivity (Wildman–Crippen MR) is 91.3 cm³/mol. The smallest absolute Gasteiger partial charge is 0.231 e. The molecule has 4 N–H and O–H groups in total. The Morgan fingerprint density at radius 3 is 2.41 bits per heavy atom. The van der Waals surface area contributed by atoms with Crippen LogP contribution in [-0.2, 0) is 9.59 Å². The van der Waals surface area contributed by atoms with Gasteiger partial charge in [-0.25, -0.2) is 0 Å². The second-order valence-electron chi connectivity index (χ2n) is 5.86. The number of halogens is 1. The van der Waals surface area contributed by atoms with Gasteiger partial charge in [-0.1, -0.05) is 18.9 Å². The molecule has 0 bridgehead atoms. The molecule has 1 fully saturated rings. The first-order valence-corrected chi connectivity index (χ1v) is 7.37. The standard InChI is InChI=1S/C16H23N3O2.ClH/c1-11-5-6-13(9-14(11)18-12(2)20)19-15(21)16(10-17)7-3-4-8-16;/h5-6,9H,3-4,7-8,10,17H2,1-2H3,(H,18,20)(H,19,21);1H. The quantitative estimate of drug-likeness (QED) is 0.795. The van der Waals surface area contributed by atoms with Gasteiger partial charge in [0.25, 0.3) is 0 Å². The predicted octanol–water partition coefficient (Wildman–Crippen LogP) is 2.83. The molecular weight excluding hydrogens is 302 g/mol. The first-order valence-electron chi connectivity index (χ1n) is 7.37. The van der Waals surface area contributed by atoms with Gasteiger partial charge < -0.3 is 16.4 Å². The first-order chi connectivity index (χ1) is 9.97. The van der Waals surface area contributed by atoms with Gasteiger partial charge in [-0.15, -0.1) is 12.4 Å². The summed E-state index contributed by atoms with van der Waals surface area (Å²) in [5, 5.41) is 5.71. The van der Waals surface area contributed by atoms with E-state index < -0.39 is 5.41 Å². The number of hydrogen-bond donors (Lipinski definition) is 3. The van der Waals surface area contributed by atoms with Crippen molar-refractivity contribution in [2.75, 3.05) is 17.2 Å². The van der Waals surface area contributed by atoms with Crippen LogP contribution < -0.4 is 16.4 Å². The summed E-state index contributed by atoms with van der Waals surface area (Å²) in [5.41, 5.74) is 7.76. The van der Waals surface area contributed by atoms with Crippen molar-refractivity contribution in [1.82, 2.24) is 0 Å². The van der Waals surface area contributed by atoms with E-state index >= 15 is 0 Å². The molecule has 1 saturated carbocycles. The molecule has 1 aliphatic rings. The number of benzene rings is 1. The lowest BCUT2D eigenvalue weighted by molar-refractivity contribution is -0.124. The Morgan fingerprint density at radius 2 is 1.86 bits per heavy atom. The summed E-state index contributed by atoms with van der Waals surface area (Å²) in [5.74, 6) is -0.143. The first kappa shape index (κ1) is 18.5. The van der Waals surface area contributed by atoms with Crippen LogP contribution in [0.25, 0.3) is 0 Å². The second-order valence-corrected chi connectivity index (χ2v) is 5.86. The Kier molecular flexibility index (Phi) is 6.38. The van der Waals surface area contributed by atoms with Crippen LogP contribution in [0.15, 0.2) is 18.2 Å². The van der Waals surface area contributed by atoms with Crippen molar-refractivity contribution in [2.24, 2.45) is 11.1 Å². The summed E-state index contributed by atoms with van der Waals surface area (Å²) in [7, 11) is 0. The molecule has 0 aliphatic heterocycles. The molecule has 5 nitrogen and oxygen atoms in total. The van der Waals surface area contributed by atoms with E-state index in [4.69, 9.17) is 5.73 Å². The number of carbonyl (C=O) groups excluding carboxylic acids is 2. The molecule has 0 spiro atoms. The minimum Gasteiger partial charge on any atom is -0.329 e. The molecular formula is C16H24ClN3O2. The fraction of sp³-hybridized carbons (Fsp3) is 0.500. The van der Waals surface area contributed by atoms with Crippen molar-refractivity contribution in [3.63, 3.8) is 0 Å². The molecule has 2 amide bonds. The van der Waals surface area contributed by atoms with Gasteiger partial charge >= 0.3 is 0 Å². The van der Waals surface area contributed by atoms with E-state index in [1.807, 2.05) is 19.1 Å². The number of aryl methyl sites for hydroxylation is 1. The Morgan fingerprint density at radius 1 is 1.23 bits per heavy atom. The summed E-state index contributed by atoms with van der Waals surface area (Å²) >= 11 is 0. The number of amides is 2. The van der Waals surface area contributed by atoms with Gasteiger partial charge in [0.1, 0.15) is 0 Å². The molecule has 122 valence electrons. The van der Waals surface area contributed by atoms with E-state index in [1.54, 1.807) is 6.07 Å². The highest BCUT2D eigenvalue weighted by molar-refractivity contribution is 5.97. The minimum atomic E-state index is -0.431. The molecule has 0 radical (unpaired) electrons. The van der Waals surface area contributed by atoms with Gasteiger partial charge in [0.2, 0.25) is 11.8 Å². The molecule has 0 atom stereocenters. The zero-order chi connectivity index (χ0) is 15.5. The van der Waals surface area contributed by atoms with Crippen molar-refractivity contribution >= 4 is 35.6 Å². The van der Waals surface area contributed by atoms with Crippen LogP contribution in [0.4, 0.5) is 11.4 Å². The number of hydrogen-bond acceptors (Lipinski definition) is 3. The molecule has 0 saturated heterocycles. The summed E-state index contributed by atoms with van der Waals surface area (Å²) < 4.78 is 0. The summed E-state index contributed by atoms with van der Waals surface area (Å²) in [6.45, 7) is 3.76. The zero-order valence-corrected chi connectivity index (χ0v) is 13.9. The molecule has 1 aromatic rings. The van der Waals surface area contributed by atoms with E-state index in [2.05, 4.69) is 10.6 Å². The van der Waals surface area contributed by atoms with Crippen molar-refractivity contribution in [1.29, 1.82) is 0 Å². The van der Waals surface area contributed by atoms with Crippen LogP contribution in [0.1, 0.15) is 38.2 Å². The minimum absolute atomic E-state index is 0. The summed E-state index contributed by atoms with van der Waals surface area (Å²) in [6.07, 6.45) is 3.80. The van der Waals surface area contributed by atoms with Crippen LogP contribution in [0.2, 0.25) is 0 Å². The topological polar surface area (TPSA) is 84.2 Å². The van der Waals surface area contributed by atoms with E-state index in [0.717, 1.165) is 31.2 Å². The largest absolute Gasteiger partial charge is 0.329 e. The summed E-state index contributed by atoms with van der Waals surface area (Å²) in [4.78, 5) is 23.7. The maximum Gasteiger partial charge on any atom is 0.231 e. The van der Waals surface area contributed by atoms with Gasteiger partial charge in [-0.05, 0) is 37.5 Å². The number of nitrogens with one attached hydrogen (secondary N) is 2. The van der Waals surface area contributed by atoms with Gasteiger partial charge in [0.15, 0.2) is 0 Å². The molecule has 6 heteroatoms. The molecule has 2 rings (SSSR count). The van der Waals surface area contributed by atoms with Crippen LogP contribution in [-0.4, -0.2) is 18.4 Å². The van der Waals surface area contributed by atoms with E-state index in [0.29, 0.717) is 17.9 Å². The Hall–Kier alpha value is -1.59. The van der Waals surface area contributed by atoms with Crippen LogP contribution in [0.5, 0.6) is 0 Å². The lowest BCUT2D eigenvalue weighted by atomic mass is 9.85. The molecule has 1 aromatic carbocycles. The average Bonchev–Trinajstić information content (AvgIpc) is 2.92. The number of anilines is 2. The SMILES string of the molecule is CC(=O)Nc1cc(NC(=O)C2(CN)CCCC2)ccc1C.Cl. The average molecular weight is 326 g/mol. The molecule has 0 aromatic heterocycles. The second kappa shape index (κ2) is 7.61. The van der Waals surface area contributed by atoms with Gasteiger partial charge in [-0.2, -0.15) is 0 Å². The van der Waals surface area contributed by atoms with Crippen molar-refractivity contribution in [3.8, 4) is 0 Å². The van der Waals surface area contributed by atoms with Crippen LogP contribution in [0, 0.1) is 12.3 Å². The van der Waals surface area contributed by atoms with Crippen molar-refractivity contribution in [3.05, 3.63) is 23.8 Å². The molecule has 0 unspecified atom stereocenters. The van der Waals surface area contributed by atoms with Crippen LogP contribution >= 0.6 is 12.4 Å². The summed E-state index contributed by atoms with van der Waals surface area (Å²) in [6, 6.07) is 5.51.